The monoisotopic (exact) mass is 302 g/mol. The molecule has 0 aliphatic rings. The summed E-state index contributed by atoms with van der Waals surface area (Å²) in [5.41, 5.74) is -0.724. The molecule has 0 aliphatic carbocycles. The largest absolute Gasteiger partial charge is 0.352 e. The average molecular weight is 302 g/mol. The van der Waals surface area contributed by atoms with E-state index in [4.69, 9.17) is 0 Å². The van der Waals surface area contributed by atoms with E-state index in [1.165, 1.54) is 0 Å². The van der Waals surface area contributed by atoms with Crippen LogP contribution in [0.5, 0.6) is 0 Å². The lowest BCUT2D eigenvalue weighted by atomic mass is 10.2. The lowest BCUT2D eigenvalue weighted by Gasteiger charge is -2.09. The Kier molecular flexibility index (Phi) is 4.88. The summed E-state index contributed by atoms with van der Waals surface area (Å²) < 4.78 is 0.965. The van der Waals surface area contributed by atoms with Crippen LogP contribution in [0.25, 0.3) is 0 Å². The molecular weight excluding hydrogens is 284 g/mol. The molecule has 0 radical (unpaired) electrons. The van der Waals surface area contributed by atoms with Gasteiger partial charge in [-0.05, 0) is 18.1 Å². The summed E-state index contributed by atoms with van der Waals surface area (Å²) in [5, 5.41) is 2.66. The third-order valence-corrected chi connectivity index (χ3v) is 3.02. The van der Waals surface area contributed by atoms with Crippen LogP contribution in [0.15, 0.2) is 40.2 Å². The molecule has 2 N–H and O–H groups in total. The maximum atomic E-state index is 12.3. The fourth-order valence-electron chi connectivity index (χ4n) is 1.86. The molecule has 2 aromatic rings. The first-order chi connectivity index (χ1) is 10.5. The molecule has 0 atom stereocenters. The van der Waals surface area contributed by atoms with Gasteiger partial charge in [0.15, 0.2) is 0 Å². The molecule has 0 saturated heterocycles. The maximum Gasteiger partial charge on any atom is 0.328 e. The van der Waals surface area contributed by atoms with Crippen molar-refractivity contribution in [3.8, 4) is 0 Å². The summed E-state index contributed by atoms with van der Waals surface area (Å²) >= 11 is 0. The van der Waals surface area contributed by atoms with Gasteiger partial charge in [-0.15, -0.1) is 0 Å². The van der Waals surface area contributed by atoms with Crippen molar-refractivity contribution in [2.75, 3.05) is 6.54 Å². The third-order valence-electron chi connectivity index (χ3n) is 3.02. The quantitative estimate of drug-likeness (QED) is 0.833. The van der Waals surface area contributed by atoms with E-state index in [2.05, 4.69) is 15.3 Å². The normalized spacial score (nSPS) is 10.7. The van der Waals surface area contributed by atoms with Crippen LogP contribution in [0.4, 0.5) is 0 Å². The van der Waals surface area contributed by atoms with Crippen LogP contribution in [0.1, 0.15) is 29.9 Å². The molecule has 2 rings (SSSR count). The van der Waals surface area contributed by atoms with E-state index in [-0.39, 0.29) is 18.0 Å². The summed E-state index contributed by atoms with van der Waals surface area (Å²) in [6.07, 6.45) is 2.73. The summed E-state index contributed by atoms with van der Waals surface area (Å²) in [5.74, 6) is -0.229. The van der Waals surface area contributed by atoms with Gasteiger partial charge in [0.25, 0.3) is 11.5 Å². The number of carbonyl (C=O) groups is 1. The summed E-state index contributed by atoms with van der Waals surface area (Å²) in [6, 6.07) is 5.21. The van der Waals surface area contributed by atoms with Gasteiger partial charge in [0.2, 0.25) is 0 Å². The van der Waals surface area contributed by atoms with Gasteiger partial charge < -0.3 is 10.3 Å². The van der Waals surface area contributed by atoms with E-state index in [0.717, 1.165) is 10.8 Å². The molecule has 0 saturated carbocycles. The Hall–Kier alpha value is -2.70. The van der Waals surface area contributed by atoms with Crippen molar-refractivity contribution in [3.63, 3.8) is 0 Å². The van der Waals surface area contributed by atoms with E-state index < -0.39 is 17.2 Å². The van der Waals surface area contributed by atoms with Crippen LogP contribution in [0, 0.1) is 5.92 Å². The minimum atomic E-state index is -0.629. The van der Waals surface area contributed by atoms with Crippen molar-refractivity contribution in [1.82, 2.24) is 19.9 Å². The van der Waals surface area contributed by atoms with Crippen LogP contribution in [-0.4, -0.2) is 27.0 Å². The number of rotatable bonds is 5. The minimum absolute atomic E-state index is 0.0142. The second kappa shape index (κ2) is 6.84. The van der Waals surface area contributed by atoms with E-state index >= 15 is 0 Å². The first kappa shape index (κ1) is 15.7. The van der Waals surface area contributed by atoms with Gasteiger partial charge in [-0.3, -0.25) is 19.1 Å². The molecule has 0 aromatic carbocycles. The van der Waals surface area contributed by atoms with Gasteiger partial charge >= 0.3 is 5.69 Å². The highest BCUT2D eigenvalue weighted by Gasteiger charge is 2.15. The lowest BCUT2D eigenvalue weighted by Crippen LogP contribution is -2.41. The topological polar surface area (TPSA) is 96.8 Å². The van der Waals surface area contributed by atoms with Crippen LogP contribution in [0.2, 0.25) is 0 Å². The zero-order valence-electron chi connectivity index (χ0n) is 12.5. The highest BCUT2D eigenvalue weighted by Crippen LogP contribution is 1.95. The number of nitrogens with zero attached hydrogens (tertiary/aromatic N) is 2. The van der Waals surface area contributed by atoms with Gasteiger partial charge in [-0.1, -0.05) is 19.9 Å². The first-order valence-corrected chi connectivity index (χ1v) is 6.99. The Labute approximate surface area is 127 Å². The standard InChI is InChI=1S/C15H18N4O3/c1-10(2)7-17-13(20)12-8-18-15(22)19(14(12)21)9-11-5-3-4-6-16-11/h3-6,8,10H,7,9H2,1-2H3,(H,17,20)(H,18,22). The smallest absolute Gasteiger partial charge is 0.328 e. The fraction of sp³-hybridized carbons (Fsp3) is 0.333. The molecular formula is C15H18N4O3. The van der Waals surface area contributed by atoms with E-state index in [1.807, 2.05) is 13.8 Å². The highest BCUT2D eigenvalue weighted by atomic mass is 16.2. The lowest BCUT2D eigenvalue weighted by molar-refractivity contribution is 0.0946. The predicted molar refractivity (Wildman–Crippen MR) is 81.8 cm³/mol. The molecule has 2 heterocycles. The molecule has 0 aliphatic heterocycles. The minimum Gasteiger partial charge on any atom is -0.352 e. The number of pyridine rings is 1. The fourth-order valence-corrected chi connectivity index (χ4v) is 1.86. The summed E-state index contributed by atoms with van der Waals surface area (Å²) in [4.78, 5) is 42.7. The predicted octanol–water partition coefficient (Wildman–Crippen LogP) is 0.366. The number of nitrogens with one attached hydrogen (secondary N) is 2. The van der Waals surface area contributed by atoms with Crippen molar-refractivity contribution in [2.45, 2.75) is 20.4 Å². The van der Waals surface area contributed by atoms with Crippen LogP contribution >= 0.6 is 0 Å². The Bertz CT molecular complexity index is 762. The number of carbonyl (C=O) groups excluding carboxylic acids is 1. The van der Waals surface area contributed by atoms with Gasteiger partial charge in [-0.2, -0.15) is 0 Å². The number of H-pyrrole nitrogens is 1. The van der Waals surface area contributed by atoms with E-state index in [1.54, 1.807) is 24.4 Å². The number of aromatic nitrogens is 3. The van der Waals surface area contributed by atoms with Crippen molar-refractivity contribution in [1.29, 1.82) is 0 Å². The molecule has 1 amide bonds. The average Bonchev–Trinajstić information content (AvgIpc) is 2.50. The zero-order chi connectivity index (χ0) is 16.1. The Morgan fingerprint density at radius 2 is 2.14 bits per heavy atom. The van der Waals surface area contributed by atoms with Crippen LogP contribution < -0.4 is 16.6 Å². The summed E-state index contributed by atoms with van der Waals surface area (Å²) in [6.45, 7) is 4.37. The number of amides is 1. The van der Waals surface area contributed by atoms with Crippen LogP contribution in [-0.2, 0) is 6.54 Å². The number of hydrogen-bond donors (Lipinski definition) is 2. The van der Waals surface area contributed by atoms with E-state index in [0.29, 0.717) is 12.2 Å². The van der Waals surface area contributed by atoms with Crippen molar-refractivity contribution in [3.05, 3.63) is 62.7 Å². The molecule has 7 nitrogen and oxygen atoms in total. The van der Waals surface area contributed by atoms with Crippen molar-refractivity contribution in [2.24, 2.45) is 5.92 Å². The number of hydrogen-bond acceptors (Lipinski definition) is 4. The maximum absolute atomic E-state index is 12.3. The van der Waals surface area contributed by atoms with Crippen LogP contribution in [0.3, 0.4) is 0 Å². The molecule has 0 unspecified atom stereocenters. The molecule has 22 heavy (non-hydrogen) atoms. The Morgan fingerprint density at radius 1 is 1.36 bits per heavy atom. The second-order valence-electron chi connectivity index (χ2n) is 5.32. The van der Waals surface area contributed by atoms with E-state index in [9.17, 15) is 14.4 Å². The van der Waals surface area contributed by atoms with Gasteiger partial charge in [0, 0.05) is 18.9 Å². The number of aromatic amines is 1. The zero-order valence-corrected chi connectivity index (χ0v) is 12.5. The Morgan fingerprint density at radius 3 is 2.77 bits per heavy atom. The molecule has 2 aromatic heterocycles. The molecule has 0 spiro atoms. The highest BCUT2D eigenvalue weighted by molar-refractivity contribution is 5.93. The molecule has 0 fully saturated rings. The molecule has 0 bridgehead atoms. The summed E-state index contributed by atoms with van der Waals surface area (Å²) in [7, 11) is 0. The molecule has 116 valence electrons. The Balaban J connectivity index is 2.32. The van der Waals surface area contributed by atoms with Gasteiger partial charge in [0.05, 0.1) is 12.2 Å². The first-order valence-electron chi connectivity index (χ1n) is 6.99. The molecule has 7 heteroatoms. The van der Waals surface area contributed by atoms with Crippen molar-refractivity contribution < 1.29 is 4.79 Å². The SMILES string of the molecule is CC(C)CNC(=O)c1c[nH]c(=O)n(Cc2ccccn2)c1=O. The van der Waals surface area contributed by atoms with Gasteiger partial charge in [0.1, 0.15) is 5.56 Å². The van der Waals surface area contributed by atoms with Gasteiger partial charge in [-0.25, -0.2) is 4.79 Å². The van der Waals surface area contributed by atoms with Crippen molar-refractivity contribution >= 4 is 5.91 Å². The third kappa shape index (κ3) is 3.69. The second-order valence-corrected chi connectivity index (χ2v) is 5.32.